The van der Waals surface area contributed by atoms with Crippen LogP contribution in [-0.2, 0) is 54.4 Å². The number of likely N-dealkylation sites (tertiary alicyclic amines) is 2. The summed E-state index contributed by atoms with van der Waals surface area (Å²) in [6.07, 6.45) is 2.12. The Morgan fingerprint density at radius 2 is 0.987 bits per heavy atom. The van der Waals surface area contributed by atoms with E-state index >= 15 is 0 Å². The van der Waals surface area contributed by atoms with Gasteiger partial charge in [0.2, 0.25) is 53.2 Å². The van der Waals surface area contributed by atoms with Crippen molar-refractivity contribution in [2.75, 3.05) is 26.3 Å². The highest BCUT2D eigenvalue weighted by molar-refractivity contribution is 5.99. The summed E-state index contributed by atoms with van der Waals surface area (Å²) in [4.78, 5) is 137. The van der Waals surface area contributed by atoms with Crippen molar-refractivity contribution in [1.82, 2.24) is 47.0 Å². The van der Waals surface area contributed by atoms with E-state index in [2.05, 4.69) is 37.2 Å². The van der Waals surface area contributed by atoms with Crippen molar-refractivity contribution in [2.45, 2.75) is 181 Å². The lowest BCUT2D eigenvalue weighted by atomic mass is 9.97. The number of aliphatic hydroxyl groups excluding tert-OH is 2. The molecule has 0 unspecified atom stereocenters. The van der Waals surface area contributed by atoms with Crippen LogP contribution in [0, 0.1) is 23.7 Å². The first-order valence-electron chi connectivity index (χ1n) is 26.4. The van der Waals surface area contributed by atoms with Crippen LogP contribution in [0.25, 0.3) is 0 Å². The molecule has 0 saturated carbocycles. The molecule has 0 aromatic heterocycles. The Labute approximate surface area is 445 Å². The zero-order chi connectivity index (χ0) is 57.1. The molecule has 1 aromatic carbocycles. The summed E-state index contributed by atoms with van der Waals surface area (Å²) in [6.45, 7) is 14.2. The van der Waals surface area contributed by atoms with Crippen LogP contribution in [0.2, 0.25) is 0 Å². The number of aromatic hydroxyl groups is 1. The molecule has 11 atom stereocenters. The molecular weight excluding hydrogens is 989 g/mol. The van der Waals surface area contributed by atoms with Crippen LogP contribution in [0.3, 0.4) is 0 Å². The maximum atomic E-state index is 14.0. The minimum Gasteiger partial charge on any atom is -0.508 e. The number of nitrogens with zero attached hydrogens (tertiary/aromatic N) is 2. The van der Waals surface area contributed by atoms with Gasteiger partial charge >= 0.3 is 5.97 Å². The van der Waals surface area contributed by atoms with Gasteiger partial charge < -0.3 is 73.2 Å². The smallest absolute Gasteiger partial charge is 0.326 e. The van der Waals surface area contributed by atoms with Gasteiger partial charge in [-0.1, -0.05) is 73.9 Å². The third-order valence-corrected chi connectivity index (χ3v) is 13.5. The van der Waals surface area contributed by atoms with Crippen molar-refractivity contribution in [3.63, 3.8) is 0 Å². The summed E-state index contributed by atoms with van der Waals surface area (Å²) in [5.41, 5.74) is 6.83. The SMILES string of the molecule is CC[C@H](C)[C@H](NC(=O)[C@@H]1CCCN1C(=O)[C@H](CO)NC(=O)[C@H](CC(C)C)NC(=O)[C@@H](N)Cc1ccc(O)cc1)C(=O)N[C@@H](C)C(=O)N[C@@H](CO)C(=O)N1CCC[C@H]1C(=O)N[C@@H](CC(C)C)C(=O)N[C@@H](CC(C)C)C(=O)O. The predicted molar refractivity (Wildman–Crippen MR) is 278 cm³/mol. The van der Waals surface area contributed by atoms with Crippen LogP contribution in [-0.4, -0.2) is 176 Å². The second-order valence-electron chi connectivity index (χ2n) is 21.4. The zero-order valence-electron chi connectivity index (χ0n) is 45.4. The van der Waals surface area contributed by atoms with Gasteiger partial charge in [-0.3, -0.25) is 43.2 Å². The number of nitrogens with one attached hydrogen (secondary N) is 7. The van der Waals surface area contributed by atoms with E-state index in [9.17, 15) is 68.4 Å². The second-order valence-corrected chi connectivity index (χ2v) is 21.4. The van der Waals surface area contributed by atoms with E-state index in [0.29, 0.717) is 24.8 Å². The van der Waals surface area contributed by atoms with E-state index in [0.717, 1.165) is 0 Å². The molecule has 2 aliphatic heterocycles. The number of amides is 9. The highest BCUT2D eigenvalue weighted by Gasteiger charge is 2.42. The van der Waals surface area contributed by atoms with Crippen molar-refractivity contribution < 1.29 is 68.4 Å². The van der Waals surface area contributed by atoms with Crippen molar-refractivity contribution >= 4 is 59.1 Å². The number of phenolic OH excluding ortho intramolecular Hbond substituents is 1. The molecule has 0 aliphatic carbocycles. The molecule has 2 aliphatic rings. The van der Waals surface area contributed by atoms with Gasteiger partial charge in [0.25, 0.3) is 0 Å². The van der Waals surface area contributed by atoms with Crippen LogP contribution in [0.15, 0.2) is 24.3 Å². The van der Waals surface area contributed by atoms with E-state index in [1.807, 2.05) is 41.5 Å². The van der Waals surface area contributed by atoms with Gasteiger partial charge in [0.1, 0.15) is 60.1 Å². The lowest BCUT2D eigenvalue weighted by Crippen LogP contribution is -2.61. The van der Waals surface area contributed by atoms with E-state index in [1.54, 1.807) is 26.0 Å². The number of nitrogens with two attached hydrogens (primary N) is 1. The Balaban J connectivity index is 1.66. The highest BCUT2D eigenvalue weighted by atomic mass is 16.4. The highest BCUT2D eigenvalue weighted by Crippen LogP contribution is 2.22. The maximum absolute atomic E-state index is 14.0. The molecular formula is C52H84N10O14. The number of aliphatic carboxylic acids is 1. The van der Waals surface area contributed by atoms with Gasteiger partial charge in [-0.2, -0.15) is 0 Å². The molecule has 76 heavy (non-hydrogen) atoms. The minimum absolute atomic E-state index is 0.0421. The Morgan fingerprint density at radius 1 is 0.566 bits per heavy atom. The fourth-order valence-corrected chi connectivity index (χ4v) is 9.16. The van der Waals surface area contributed by atoms with Gasteiger partial charge in [-0.25, -0.2) is 4.79 Å². The minimum atomic E-state index is -1.55. The lowest BCUT2D eigenvalue weighted by molar-refractivity contribution is -0.144. The Morgan fingerprint density at radius 3 is 1.43 bits per heavy atom. The molecule has 24 heteroatoms. The number of carbonyl (C=O) groups excluding carboxylic acids is 9. The van der Waals surface area contributed by atoms with Crippen LogP contribution < -0.4 is 43.0 Å². The molecule has 13 N–H and O–H groups in total. The number of hydrogen-bond donors (Lipinski definition) is 12. The van der Waals surface area contributed by atoms with E-state index < -0.39 is 139 Å². The Bertz CT molecular complexity index is 2180. The first kappa shape index (κ1) is 63.9. The van der Waals surface area contributed by atoms with Gasteiger partial charge in [0, 0.05) is 13.1 Å². The molecule has 2 heterocycles. The second kappa shape index (κ2) is 30.4. The molecule has 2 fully saturated rings. The summed E-state index contributed by atoms with van der Waals surface area (Å²) in [5.74, 6) is -8.61. The van der Waals surface area contributed by atoms with Crippen LogP contribution in [0.4, 0.5) is 0 Å². The van der Waals surface area contributed by atoms with Gasteiger partial charge in [0.15, 0.2) is 0 Å². The maximum Gasteiger partial charge on any atom is 0.326 e. The third-order valence-electron chi connectivity index (χ3n) is 13.5. The summed E-state index contributed by atoms with van der Waals surface area (Å²) in [6, 6.07) is -6.19. The number of carbonyl (C=O) groups is 10. The largest absolute Gasteiger partial charge is 0.508 e. The summed E-state index contributed by atoms with van der Waals surface area (Å²) in [5, 5.41) is 58.0. The van der Waals surface area contributed by atoms with Crippen molar-refractivity contribution in [3.05, 3.63) is 29.8 Å². The van der Waals surface area contributed by atoms with Gasteiger partial charge in [-0.15, -0.1) is 0 Å². The van der Waals surface area contributed by atoms with Crippen LogP contribution in [0.5, 0.6) is 5.75 Å². The quantitative estimate of drug-likeness (QED) is 0.0454. The first-order chi connectivity index (χ1) is 35.7. The number of aliphatic hydroxyl groups is 2. The van der Waals surface area contributed by atoms with Gasteiger partial charge in [0.05, 0.1) is 19.3 Å². The number of benzene rings is 1. The summed E-state index contributed by atoms with van der Waals surface area (Å²) >= 11 is 0. The summed E-state index contributed by atoms with van der Waals surface area (Å²) in [7, 11) is 0. The molecule has 0 radical (unpaired) electrons. The molecule has 2 saturated heterocycles. The molecule has 426 valence electrons. The van der Waals surface area contributed by atoms with E-state index in [-0.39, 0.29) is 75.1 Å². The van der Waals surface area contributed by atoms with E-state index in [1.165, 1.54) is 28.9 Å². The zero-order valence-corrected chi connectivity index (χ0v) is 45.4. The topological polar surface area (TPSA) is 368 Å². The molecule has 1 aromatic rings. The molecule has 3 rings (SSSR count). The number of rotatable bonds is 29. The molecule has 24 nitrogen and oxygen atoms in total. The predicted octanol–water partition coefficient (Wildman–Crippen LogP) is -1.09. The Hall–Kier alpha value is -6.40. The third kappa shape index (κ3) is 19.0. The first-order valence-corrected chi connectivity index (χ1v) is 26.4. The number of hydrogen-bond acceptors (Lipinski definition) is 14. The number of carboxylic acid groups (broad SMARTS) is 1. The standard InChI is InChI=1S/C52H84N10O14/c1-10-30(8)42(60-48(71)41-14-12-20-62(41)51(74)39(26-64)59-46(69)35(21-27(2)3)55-44(67)34(53)24-32-15-17-33(65)18-16-32)49(72)54-31(9)43(66)58-38(25-63)50(73)61-19-11-13-40(61)47(70)56-36(22-28(4)5)45(68)57-37(52(75)76)23-29(6)7/h15-18,27-31,34-42,63-65H,10-14,19-26,53H2,1-9H3,(H,54,72)(H,55,67)(H,56,70)(H,57,68)(H,58,66)(H,59,69)(H,60,71)(H,75,76)/t30-,31-,34-,35-,36-,37-,38-,39-,40-,41-,42-/m0/s1. The monoisotopic (exact) mass is 1070 g/mol. The molecule has 0 spiro atoms. The number of phenols is 1. The van der Waals surface area contributed by atoms with Crippen molar-refractivity contribution in [2.24, 2.45) is 29.4 Å². The van der Waals surface area contributed by atoms with Crippen LogP contribution >= 0.6 is 0 Å². The van der Waals surface area contributed by atoms with Crippen molar-refractivity contribution in [1.29, 1.82) is 0 Å². The lowest BCUT2D eigenvalue weighted by Gasteiger charge is -2.31. The molecule has 9 amide bonds. The van der Waals surface area contributed by atoms with Crippen LogP contribution in [0.1, 0.15) is 119 Å². The Kier molecular flexibility index (Phi) is 25.5. The van der Waals surface area contributed by atoms with E-state index in [4.69, 9.17) is 5.73 Å². The summed E-state index contributed by atoms with van der Waals surface area (Å²) < 4.78 is 0. The van der Waals surface area contributed by atoms with Crippen molar-refractivity contribution in [3.8, 4) is 5.75 Å². The number of carboxylic acids is 1. The average molecular weight is 1070 g/mol. The normalized spacial score (nSPS) is 19.0. The average Bonchev–Trinajstić information content (AvgIpc) is 4.07. The fourth-order valence-electron chi connectivity index (χ4n) is 9.16. The molecule has 0 bridgehead atoms. The fraction of sp³-hybridized carbons (Fsp3) is 0.692. The van der Waals surface area contributed by atoms with Gasteiger partial charge in [-0.05, 0) is 99.7 Å².